The molecule has 0 radical (unpaired) electrons. The van der Waals surface area contributed by atoms with Crippen molar-refractivity contribution in [3.05, 3.63) is 47.5 Å². The molecule has 15 heteroatoms. The number of nitrogens with two attached hydrogens (primary N) is 1. The Balaban J connectivity index is 0.000000555. The van der Waals surface area contributed by atoms with Crippen LogP contribution in [0, 0.1) is 0 Å². The van der Waals surface area contributed by atoms with Gasteiger partial charge in [0.25, 0.3) is 10.1 Å². The van der Waals surface area contributed by atoms with E-state index in [2.05, 4.69) is 15.0 Å². The first kappa shape index (κ1) is 25.5. The third kappa shape index (κ3) is 7.71. The van der Waals surface area contributed by atoms with Crippen molar-refractivity contribution in [1.29, 1.82) is 0 Å². The maximum absolute atomic E-state index is 12.9. The van der Waals surface area contributed by atoms with E-state index in [-0.39, 0.29) is 19.1 Å². The van der Waals surface area contributed by atoms with E-state index in [1.165, 1.54) is 6.33 Å². The van der Waals surface area contributed by atoms with Gasteiger partial charge in [-0.1, -0.05) is 23.7 Å². The number of aromatic nitrogens is 4. The molecular weight excluding hydrogens is 497 g/mol. The molecule has 2 atom stereocenters. The predicted molar refractivity (Wildman–Crippen MR) is 121 cm³/mol. The average Bonchev–Trinajstić information content (AvgIpc) is 3.15. The topological polar surface area (TPSA) is 169 Å². The Morgan fingerprint density at radius 1 is 1.36 bits per heavy atom. The summed E-state index contributed by atoms with van der Waals surface area (Å²) in [6.07, 6.45) is 3.85. The summed E-state index contributed by atoms with van der Waals surface area (Å²) < 4.78 is 57.2. The minimum atomic E-state index is -3.67. The summed E-state index contributed by atoms with van der Waals surface area (Å²) in [5.41, 5.74) is 7.81. The smallest absolute Gasteiger partial charge is 0.356 e. The Morgan fingerprint density at radius 2 is 2.12 bits per heavy atom. The third-order valence-corrected chi connectivity index (χ3v) is 6.22. The average molecular weight is 520 g/mol. The van der Waals surface area contributed by atoms with Gasteiger partial charge in [0.1, 0.15) is 18.2 Å². The van der Waals surface area contributed by atoms with Crippen LogP contribution in [-0.4, -0.2) is 58.3 Å². The largest absolute Gasteiger partial charge is 0.382 e. The predicted octanol–water partition coefficient (Wildman–Crippen LogP) is 2.91. The molecule has 12 nitrogen and oxygen atoms in total. The first-order chi connectivity index (χ1) is 15.5. The molecule has 0 bridgehead atoms. The van der Waals surface area contributed by atoms with Gasteiger partial charge in [0.05, 0.1) is 31.9 Å². The van der Waals surface area contributed by atoms with Gasteiger partial charge in [-0.3, -0.25) is 13.6 Å². The second kappa shape index (κ2) is 10.9. The number of hydrogen-bond acceptors (Lipinski definition) is 10. The lowest BCUT2D eigenvalue weighted by molar-refractivity contribution is 0.0563. The van der Waals surface area contributed by atoms with Crippen LogP contribution >= 0.6 is 19.2 Å². The molecule has 1 fully saturated rings. The van der Waals surface area contributed by atoms with Gasteiger partial charge in [-0.25, -0.2) is 15.0 Å². The number of benzene rings is 1. The molecule has 0 saturated carbocycles. The van der Waals surface area contributed by atoms with E-state index in [9.17, 15) is 13.0 Å². The summed E-state index contributed by atoms with van der Waals surface area (Å²) in [7, 11) is -7.02. The van der Waals surface area contributed by atoms with Crippen molar-refractivity contribution in [2.24, 2.45) is 0 Å². The van der Waals surface area contributed by atoms with Gasteiger partial charge in [0.15, 0.2) is 11.5 Å². The van der Waals surface area contributed by atoms with Crippen LogP contribution in [0.4, 0.5) is 5.82 Å². The zero-order valence-electron chi connectivity index (χ0n) is 17.6. The molecule has 180 valence electrons. The van der Waals surface area contributed by atoms with Gasteiger partial charge >= 0.3 is 7.60 Å². The normalized spacial score (nSPS) is 20.9. The van der Waals surface area contributed by atoms with E-state index in [0.717, 1.165) is 5.56 Å². The standard InChI is InChI=1S/C17H19ClN5O4P.CH4O3S/c18-13-3-1-2-12(8-13)14-4-6-26-28(24,27-14)11-25-7-5-23-10-22-15-16(19)20-9-21-17(15)23;1-5(2,3)4/h1-3,8-10,14H,4-7,11H2,(H2,19,20,21);1H3,(H,2,3,4). The molecule has 0 spiro atoms. The maximum atomic E-state index is 12.9. The highest BCUT2D eigenvalue weighted by molar-refractivity contribution is 7.85. The zero-order valence-corrected chi connectivity index (χ0v) is 20.0. The van der Waals surface area contributed by atoms with E-state index in [1.54, 1.807) is 23.0 Å². The second-order valence-electron chi connectivity index (χ2n) is 7.02. The molecule has 1 aromatic carbocycles. The molecule has 1 aliphatic rings. The SMILES string of the molecule is CS(=O)(=O)O.Nc1ncnc2c1ncn2CCOCP1(=O)OCCC(c2cccc(Cl)c2)O1. The van der Waals surface area contributed by atoms with Crippen molar-refractivity contribution in [1.82, 2.24) is 19.5 Å². The summed E-state index contributed by atoms with van der Waals surface area (Å²) in [5, 5.41) is 0.607. The highest BCUT2D eigenvalue weighted by atomic mass is 35.5. The van der Waals surface area contributed by atoms with Crippen molar-refractivity contribution >= 4 is 46.3 Å². The molecule has 3 aromatic rings. The van der Waals surface area contributed by atoms with Crippen LogP contribution in [-0.2, 0) is 35.0 Å². The first-order valence-electron chi connectivity index (χ1n) is 9.63. The van der Waals surface area contributed by atoms with E-state index < -0.39 is 17.7 Å². The Morgan fingerprint density at radius 3 is 2.85 bits per heavy atom. The molecule has 1 saturated heterocycles. The summed E-state index contributed by atoms with van der Waals surface area (Å²) in [6.45, 7) is 1.08. The van der Waals surface area contributed by atoms with E-state index >= 15 is 0 Å². The van der Waals surface area contributed by atoms with Crippen molar-refractivity contribution in [3.8, 4) is 0 Å². The number of hydrogen-bond donors (Lipinski definition) is 2. The second-order valence-corrected chi connectivity index (χ2v) is 10.9. The van der Waals surface area contributed by atoms with Crippen molar-refractivity contribution < 1.29 is 31.3 Å². The number of halogens is 1. The van der Waals surface area contributed by atoms with Gasteiger partial charge in [-0.15, -0.1) is 0 Å². The van der Waals surface area contributed by atoms with Crippen LogP contribution in [0.3, 0.4) is 0 Å². The Labute approximate surface area is 195 Å². The van der Waals surface area contributed by atoms with Crippen LogP contribution < -0.4 is 5.73 Å². The van der Waals surface area contributed by atoms with Crippen molar-refractivity contribution in [2.75, 3.05) is 31.6 Å². The summed E-state index contributed by atoms with van der Waals surface area (Å²) >= 11 is 6.03. The number of fused-ring (bicyclic) bond motifs is 1. The molecule has 3 N–H and O–H groups in total. The van der Waals surface area contributed by atoms with Gasteiger partial charge in [-0.2, -0.15) is 8.42 Å². The number of rotatable bonds is 6. The number of ether oxygens (including phenoxy) is 1. The number of anilines is 1. The van der Waals surface area contributed by atoms with Gasteiger partial charge in [-0.05, 0) is 17.7 Å². The zero-order chi connectivity index (χ0) is 24.1. The Hall–Kier alpha value is -2.12. The van der Waals surface area contributed by atoms with Gasteiger partial charge in [0.2, 0.25) is 0 Å². The fourth-order valence-electron chi connectivity index (χ4n) is 2.98. The highest BCUT2D eigenvalue weighted by Gasteiger charge is 2.34. The van der Waals surface area contributed by atoms with Crippen LogP contribution in [0.1, 0.15) is 18.1 Å². The molecule has 3 heterocycles. The van der Waals surface area contributed by atoms with Gasteiger partial charge in [0, 0.05) is 18.0 Å². The minimum absolute atomic E-state index is 0.131. The molecule has 33 heavy (non-hydrogen) atoms. The van der Waals surface area contributed by atoms with Gasteiger partial charge < -0.3 is 19.6 Å². The van der Waals surface area contributed by atoms with Crippen LogP contribution in [0.15, 0.2) is 36.9 Å². The molecule has 2 unspecified atom stereocenters. The molecule has 0 amide bonds. The van der Waals surface area contributed by atoms with E-state index in [4.69, 9.17) is 35.7 Å². The fraction of sp³-hybridized carbons (Fsp3) is 0.389. The van der Waals surface area contributed by atoms with Crippen molar-refractivity contribution in [2.45, 2.75) is 19.1 Å². The molecule has 4 rings (SSSR count). The molecule has 2 aromatic heterocycles. The number of imidazole rings is 1. The summed E-state index contributed by atoms with van der Waals surface area (Å²) in [5.74, 6) is 0.324. The van der Waals surface area contributed by atoms with E-state index in [1.807, 2.05) is 12.1 Å². The third-order valence-electron chi connectivity index (χ3n) is 4.33. The number of nitrogens with zero attached hydrogens (tertiary/aromatic N) is 4. The fourth-order valence-corrected chi connectivity index (χ4v) is 4.73. The lowest BCUT2D eigenvalue weighted by atomic mass is 10.1. The van der Waals surface area contributed by atoms with Crippen LogP contribution in [0.2, 0.25) is 5.02 Å². The maximum Gasteiger partial charge on any atom is 0.356 e. The highest BCUT2D eigenvalue weighted by Crippen LogP contribution is 2.56. The molecular formula is C18H23ClN5O7PS. The minimum Gasteiger partial charge on any atom is -0.382 e. The molecule has 0 aliphatic carbocycles. The lowest BCUT2D eigenvalue weighted by Crippen LogP contribution is -2.17. The van der Waals surface area contributed by atoms with Crippen LogP contribution in [0.25, 0.3) is 11.2 Å². The van der Waals surface area contributed by atoms with E-state index in [0.29, 0.717) is 47.8 Å². The Kier molecular flexibility index (Phi) is 8.40. The first-order valence-corrected chi connectivity index (χ1v) is 13.6. The summed E-state index contributed by atoms with van der Waals surface area (Å²) in [4.78, 5) is 12.3. The van der Waals surface area contributed by atoms with Crippen LogP contribution in [0.5, 0.6) is 0 Å². The monoisotopic (exact) mass is 519 g/mol. The number of nitrogen functional groups attached to an aromatic ring is 1. The lowest BCUT2D eigenvalue weighted by Gasteiger charge is -2.30. The molecule has 1 aliphatic heterocycles. The Bertz CT molecular complexity index is 1250. The quantitative estimate of drug-likeness (QED) is 0.279. The van der Waals surface area contributed by atoms with Crippen molar-refractivity contribution in [3.63, 3.8) is 0 Å². The summed E-state index contributed by atoms with van der Waals surface area (Å²) in [6, 6.07) is 7.32.